The molecule has 1 aromatic heterocycles. The molecule has 0 saturated carbocycles. The zero-order valence-electron chi connectivity index (χ0n) is 11.6. The number of hydrazine groups is 1. The molecule has 0 saturated heterocycles. The van der Waals surface area contributed by atoms with Crippen LogP contribution in [0.25, 0.3) is 21.3 Å². The van der Waals surface area contributed by atoms with E-state index in [1.54, 1.807) is 5.38 Å². The maximum Gasteiger partial charge on any atom is 0.287 e. The van der Waals surface area contributed by atoms with Crippen molar-refractivity contribution in [1.82, 2.24) is 9.99 Å². The molecule has 4 nitrogen and oxygen atoms in total. The minimum absolute atomic E-state index is 0.250. The zero-order chi connectivity index (χ0) is 14.8. The minimum atomic E-state index is -0.250. The summed E-state index contributed by atoms with van der Waals surface area (Å²) < 4.78 is 0. The van der Waals surface area contributed by atoms with Crippen molar-refractivity contribution in [2.75, 3.05) is 6.54 Å². The average Bonchev–Trinajstić information content (AvgIpc) is 3.02. The number of benzene rings is 2. The van der Waals surface area contributed by atoms with Gasteiger partial charge in [-0.05, 0) is 17.7 Å². The Labute approximate surface area is 126 Å². The van der Waals surface area contributed by atoms with Crippen LogP contribution in [0.2, 0.25) is 0 Å². The monoisotopic (exact) mass is 297 g/mol. The molecule has 1 amide bonds. The van der Waals surface area contributed by atoms with E-state index < -0.39 is 0 Å². The molecule has 2 N–H and O–H groups in total. The number of nitrogens with two attached hydrogens (primary N) is 1. The second kappa shape index (κ2) is 5.63. The van der Waals surface area contributed by atoms with Gasteiger partial charge in [-0.15, -0.1) is 11.3 Å². The molecule has 0 atom stereocenters. The summed E-state index contributed by atoms with van der Waals surface area (Å²) in [6.45, 7) is 2.29. The van der Waals surface area contributed by atoms with Gasteiger partial charge in [0, 0.05) is 17.5 Å². The predicted octanol–water partition coefficient (Wildman–Crippen LogP) is 3.30. The topological polar surface area (TPSA) is 59.2 Å². The Morgan fingerprint density at radius 2 is 2.00 bits per heavy atom. The molecule has 3 rings (SSSR count). The van der Waals surface area contributed by atoms with Crippen LogP contribution in [0.1, 0.15) is 17.4 Å². The lowest BCUT2D eigenvalue weighted by Crippen LogP contribution is -2.37. The Morgan fingerprint density at radius 3 is 2.81 bits per heavy atom. The zero-order valence-corrected chi connectivity index (χ0v) is 12.4. The van der Waals surface area contributed by atoms with Crippen LogP contribution in [0.15, 0.2) is 47.8 Å². The molecular weight excluding hydrogens is 282 g/mol. The van der Waals surface area contributed by atoms with E-state index in [2.05, 4.69) is 23.2 Å². The molecule has 0 aliphatic rings. The lowest BCUT2D eigenvalue weighted by Gasteiger charge is -2.11. The SMILES string of the molecule is CCN(N)C(=O)c1csc(-c2cccc3ccccc23)n1. The van der Waals surface area contributed by atoms with Gasteiger partial charge in [0.2, 0.25) is 0 Å². The number of thiazole rings is 1. The second-order valence-electron chi connectivity index (χ2n) is 4.66. The summed E-state index contributed by atoms with van der Waals surface area (Å²) in [6, 6.07) is 14.2. The van der Waals surface area contributed by atoms with Gasteiger partial charge in [0.25, 0.3) is 5.91 Å². The van der Waals surface area contributed by atoms with Crippen molar-refractivity contribution in [1.29, 1.82) is 0 Å². The number of aromatic nitrogens is 1. The third-order valence-corrected chi connectivity index (χ3v) is 4.22. The van der Waals surface area contributed by atoms with E-state index in [0.29, 0.717) is 12.2 Å². The summed E-state index contributed by atoms with van der Waals surface area (Å²) in [5, 5.41) is 6.05. The van der Waals surface area contributed by atoms with E-state index in [1.165, 1.54) is 16.3 Å². The van der Waals surface area contributed by atoms with E-state index in [0.717, 1.165) is 21.3 Å². The lowest BCUT2D eigenvalue weighted by atomic mass is 10.1. The van der Waals surface area contributed by atoms with Crippen LogP contribution in [0.5, 0.6) is 0 Å². The van der Waals surface area contributed by atoms with Gasteiger partial charge in [0.05, 0.1) is 0 Å². The third-order valence-electron chi connectivity index (χ3n) is 3.34. The maximum absolute atomic E-state index is 12.0. The highest BCUT2D eigenvalue weighted by molar-refractivity contribution is 7.13. The molecule has 0 unspecified atom stereocenters. The summed E-state index contributed by atoms with van der Waals surface area (Å²) >= 11 is 1.46. The standard InChI is InChI=1S/C16H15N3OS/c1-2-19(17)16(20)14-10-21-15(18-14)13-9-5-7-11-6-3-4-8-12(11)13/h3-10H,2,17H2,1H3. The molecule has 0 spiro atoms. The van der Waals surface area contributed by atoms with Crippen LogP contribution in [-0.4, -0.2) is 22.4 Å². The molecule has 106 valence electrons. The summed E-state index contributed by atoms with van der Waals surface area (Å²) in [7, 11) is 0. The van der Waals surface area contributed by atoms with Gasteiger partial charge in [-0.3, -0.25) is 9.80 Å². The number of amides is 1. The first-order valence-electron chi connectivity index (χ1n) is 6.71. The minimum Gasteiger partial charge on any atom is -0.276 e. The predicted molar refractivity (Wildman–Crippen MR) is 86.0 cm³/mol. The molecule has 2 aromatic carbocycles. The third kappa shape index (κ3) is 2.53. The van der Waals surface area contributed by atoms with Crippen molar-refractivity contribution in [3.63, 3.8) is 0 Å². The highest BCUT2D eigenvalue weighted by Crippen LogP contribution is 2.30. The van der Waals surface area contributed by atoms with E-state index in [9.17, 15) is 4.79 Å². The highest BCUT2D eigenvalue weighted by Gasteiger charge is 2.16. The van der Waals surface area contributed by atoms with E-state index in [-0.39, 0.29) is 5.91 Å². The normalized spacial score (nSPS) is 10.8. The first-order chi connectivity index (χ1) is 10.2. The summed E-state index contributed by atoms with van der Waals surface area (Å²) in [6.07, 6.45) is 0. The molecule has 0 aliphatic carbocycles. The smallest absolute Gasteiger partial charge is 0.276 e. The average molecular weight is 297 g/mol. The fourth-order valence-electron chi connectivity index (χ4n) is 2.20. The van der Waals surface area contributed by atoms with Gasteiger partial charge in [-0.1, -0.05) is 42.5 Å². The van der Waals surface area contributed by atoms with E-state index in [4.69, 9.17) is 5.84 Å². The number of rotatable bonds is 3. The Bertz CT molecular complexity index is 792. The van der Waals surface area contributed by atoms with Gasteiger partial charge in [0.1, 0.15) is 10.7 Å². The Morgan fingerprint density at radius 1 is 1.24 bits per heavy atom. The molecule has 0 bridgehead atoms. The summed E-state index contributed by atoms with van der Waals surface area (Å²) in [5.74, 6) is 5.39. The Kier molecular flexibility index (Phi) is 3.68. The van der Waals surface area contributed by atoms with Crippen LogP contribution >= 0.6 is 11.3 Å². The van der Waals surface area contributed by atoms with Crippen LogP contribution in [0.3, 0.4) is 0 Å². The summed E-state index contributed by atoms with van der Waals surface area (Å²) in [4.78, 5) is 16.5. The summed E-state index contributed by atoms with van der Waals surface area (Å²) in [5.41, 5.74) is 1.43. The van der Waals surface area contributed by atoms with Crippen molar-refractivity contribution in [2.24, 2.45) is 5.84 Å². The maximum atomic E-state index is 12.0. The van der Waals surface area contributed by atoms with Gasteiger partial charge >= 0.3 is 0 Å². The largest absolute Gasteiger partial charge is 0.287 e. The van der Waals surface area contributed by atoms with Crippen LogP contribution in [0.4, 0.5) is 0 Å². The second-order valence-corrected chi connectivity index (χ2v) is 5.51. The van der Waals surface area contributed by atoms with Crippen LogP contribution in [0, 0.1) is 0 Å². The van der Waals surface area contributed by atoms with Crippen molar-refractivity contribution in [3.05, 3.63) is 53.5 Å². The number of carbonyl (C=O) groups excluding carboxylic acids is 1. The molecule has 0 radical (unpaired) electrons. The van der Waals surface area contributed by atoms with E-state index in [1.807, 2.05) is 31.2 Å². The van der Waals surface area contributed by atoms with Crippen molar-refractivity contribution < 1.29 is 4.79 Å². The Balaban J connectivity index is 2.05. The lowest BCUT2D eigenvalue weighted by molar-refractivity contribution is 0.0759. The van der Waals surface area contributed by atoms with Crippen LogP contribution in [-0.2, 0) is 0 Å². The van der Waals surface area contributed by atoms with Crippen molar-refractivity contribution >= 4 is 28.0 Å². The fourth-order valence-corrected chi connectivity index (χ4v) is 3.03. The first-order valence-corrected chi connectivity index (χ1v) is 7.59. The number of nitrogens with zero attached hydrogens (tertiary/aromatic N) is 2. The molecule has 0 aliphatic heterocycles. The quantitative estimate of drug-likeness (QED) is 0.458. The number of hydrogen-bond donors (Lipinski definition) is 1. The van der Waals surface area contributed by atoms with Gasteiger partial charge < -0.3 is 0 Å². The molecule has 5 heteroatoms. The molecule has 3 aromatic rings. The number of carbonyl (C=O) groups is 1. The fraction of sp³-hybridized carbons (Fsp3) is 0.125. The van der Waals surface area contributed by atoms with Gasteiger partial charge in [-0.2, -0.15) is 0 Å². The van der Waals surface area contributed by atoms with Crippen molar-refractivity contribution in [2.45, 2.75) is 6.92 Å². The molecular formula is C16H15N3OS. The van der Waals surface area contributed by atoms with Gasteiger partial charge in [0.15, 0.2) is 0 Å². The number of fused-ring (bicyclic) bond motifs is 1. The molecule has 0 fully saturated rings. The highest BCUT2D eigenvalue weighted by atomic mass is 32.1. The Hall–Kier alpha value is -2.24. The van der Waals surface area contributed by atoms with E-state index >= 15 is 0 Å². The van der Waals surface area contributed by atoms with Gasteiger partial charge in [-0.25, -0.2) is 10.8 Å². The molecule has 21 heavy (non-hydrogen) atoms. The number of hydrogen-bond acceptors (Lipinski definition) is 4. The first kappa shape index (κ1) is 13.7. The molecule has 1 heterocycles. The van der Waals surface area contributed by atoms with Crippen molar-refractivity contribution in [3.8, 4) is 10.6 Å². The van der Waals surface area contributed by atoms with Crippen LogP contribution < -0.4 is 5.84 Å².